The van der Waals surface area contributed by atoms with Gasteiger partial charge >= 0.3 is 0 Å². The molecular formula is C15H28O2. The summed E-state index contributed by atoms with van der Waals surface area (Å²) in [5.41, 5.74) is 0. The van der Waals surface area contributed by atoms with Crippen molar-refractivity contribution in [1.29, 1.82) is 0 Å². The molecule has 0 atom stereocenters. The van der Waals surface area contributed by atoms with Crippen molar-refractivity contribution >= 4 is 0 Å². The second-order valence-corrected chi connectivity index (χ2v) is 3.54. The van der Waals surface area contributed by atoms with Gasteiger partial charge in [-0.1, -0.05) is 44.4 Å². The second kappa shape index (κ2) is 20.5. The van der Waals surface area contributed by atoms with E-state index in [1.54, 1.807) is 18.2 Å². The lowest BCUT2D eigenvalue weighted by molar-refractivity contribution is 0.157. The topological polar surface area (TPSA) is 18.5 Å². The maximum atomic E-state index is 5.21. The summed E-state index contributed by atoms with van der Waals surface area (Å²) in [6.45, 7) is 15.6. The molecule has 0 saturated heterocycles. The van der Waals surface area contributed by atoms with Crippen LogP contribution in [0.1, 0.15) is 32.6 Å². The van der Waals surface area contributed by atoms with Crippen LogP contribution in [0.5, 0.6) is 0 Å². The number of unbranched alkanes of at least 4 members (excludes halogenated alkanes) is 3. The molecule has 0 rings (SSSR count). The summed E-state index contributed by atoms with van der Waals surface area (Å²) in [5.74, 6) is 0. The molecule has 100 valence electrons. The van der Waals surface area contributed by atoms with Gasteiger partial charge < -0.3 is 9.47 Å². The van der Waals surface area contributed by atoms with Crippen molar-refractivity contribution in [1.82, 2.24) is 0 Å². The molecule has 0 radical (unpaired) electrons. The van der Waals surface area contributed by atoms with Crippen LogP contribution in [0, 0.1) is 0 Å². The third-order valence-corrected chi connectivity index (χ3v) is 1.85. The Kier molecular flexibility index (Phi) is 22.4. The number of hydrogen-bond acceptors (Lipinski definition) is 2. The molecule has 0 unspecified atom stereocenters. The predicted molar refractivity (Wildman–Crippen MR) is 76.4 cm³/mol. The van der Waals surface area contributed by atoms with Crippen LogP contribution in [-0.2, 0) is 9.47 Å². The summed E-state index contributed by atoms with van der Waals surface area (Å²) in [6, 6.07) is 0. The van der Waals surface area contributed by atoms with Crippen LogP contribution in [0.25, 0.3) is 0 Å². The Hall–Kier alpha value is -0.860. The highest BCUT2D eigenvalue weighted by atomic mass is 16.5. The van der Waals surface area contributed by atoms with Gasteiger partial charge in [-0.3, -0.25) is 0 Å². The van der Waals surface area contributed by atoms with Crippen LogP contribution in [0.2, 0.25) is 0 Å². The zero-order valence-electron chi connectivity index (χ0n) is 11.3. The Morgan fingerprint density at radius 3 is 1.76 bits per heavy atom. The van der Waals surface area contributed by atoms with Crippen molar-refractivity contribution in [2.75, 3.05) is 26.4 Å². The zero-order valence-corrected chi connectivity index (χ0v) is 11.3. The average Bonchev–Trinajstić information content (AvgIpc) is 2.35. The molecule has 0 aliphatic heterocycles. The van der Waals surface area contributed by atoms with Gasteiger partial charge in [0.25, 0.3) is 0 Å². The van der Waals surface area contributed by atoms with Gasteiger partial charge in [0.2, 0.25) is 0 Å². The Bertz CT molecular complexity index is 156. The fourth-order valence-corrected chi connectivity index (χ4v) is 1.03. The molecule has 0 aromatic heterocycles. The van der Waals surface area contributed by atoms with Gasteiger partial charge in [-0.05, 0) is 6.42 Å². The van der Waals surface area contributed by atoms with Gasteiger partial charge in [-0.15, -0.1) is 19.7 Å². The summed E-state index contributed by atoms with van der Waals surface area (Å²) in [7, 11) is 0. The van der Waals surface area contributed by atoms with Crippen LogP contribution in [0.4, 0.5) is 0 Å². The molecule has 0 aromatic rings. The molecule has 0 fully saturated rings. The van der Waals surface area contributed by atoms with Gasteiger partial charge in [-0.2, -0.15) is 0 Å². The van der Waals surface area contributed by atoms with E-state index in [0.717, 1.165) is 6.61 Å². The molecule has 17 heavy (non-hydrogen) atoms. The van der Waals surface area contributed by atoms with Crippen molar-refractivity contribution in [2.24, 2.45) is 0 Å². The molecule has 0 aliphatic rings. The first-order valence-electron chi connectivity index (χ1n) is 6.31. The molecule has 0 heterocycles. The van der Waals surface area contributed by atoms with E-state index in [4.69, 9.17) is 9.47 Å². The van der Waals surface area contributed by atoms with Crippen LogP contribution in [0.15, 0.2) is 38.0 Å². The molecule has 0 saturated carbocycles. The van der Waals surface area contributed by atoms with E-state index in [-0.39, 0.29) is 0 Å². The molecule has 2 heteroatoms. The molecule has 0 aliphatic carbocycles. The first-order valence-corrected chi connectivity index (χ1v) is 6.31. The Labute approximate surface area is 107 Å². The highest BCUT2D eigenvalue weighted by Crippen LogP contribution is 1.98. The lowest BCUT2D eigenvalue weighted by Gasteiger charge is -1.99. The first-order chi connectivity index (χ1) is 8.33. The van der Waals surface area contributed by atoms with E-state index in [1.165, 1.54) is 25.7 Å². The molecule has 0 aromatic carbocycles. The maximum absolute atomic E-state index is 5.21. The van der Waals surface area contributed by atoms with Crippen LogP contribution >= 0.6 is 0 Å². The molecular weight excluding hydrogens is 212 g/mol. The summed E-state index contributed by atoms with van der Waals surface area (Å²) >= 11 is 0. The summed E-state index contributed by atoms with van der Waals surface area (Å²) in [4.78, 5) is 0. The molecule has 0 amide bonds. The van der Waals surface area contributed by atoms with Gasteiger partial charge in [0, 0.05) is 6.61 Å². The van der Waals surface area contributed by atoms with Gasteiger partial charge in [0.1, 0.15) is 0 Å². The molecule has 0 spiro atoms. The van der Waals surface area contributed by atoms with E-state index >= 15 is 0 Å². The van der Waals surface area contributed by atoms with Crippen molar-refractivity contribution in [2.45, 2.75) is 32.6 Å². The van der Waals surface area contributed by atoms with Crippen molar-refractivity contribution in [3.8, 4) is 0 Å². The quantitative estimate of drug-likeness (QED) is 0.399. The Balaban J connectivity index is 0. The van der Waals surface area contributed by atoms with E-state index in [2.05, 4.69) is 26.7 Å². The third kappa shape index (κ3) is 25.4. The number of ether oxygens (including phenoxy) is 2. The fourth-order valence-electron chi connectivity index (χ4n) is 1.03. The average molecular weight is 240 g/mol. The molecule has 2 nitrogen and oxygen atoms in total. The lowest BCUT2D eigenvalue weighted by Crippen LogP contribution is -1.93. The van der Waals surface area contributed by atoms with Crippen LogP contribution < -0.4 is 0 Å². The SMILES string of the molecule is C=CCOCC=C.C=CCOCCCCCC. The first kappa shape index (κ1) is 18.5. The minimum absolute atomic E-state index is 0.617. The lowest BCUT2D eigenvalue weighted by atomic mass is 10.2. The van der Waals surface area contributed by atoms with Crippen LogP contribution in [-0.4, -0.2) is 26.4 Å². The van der Waals surface area contributed by atoms with Crippen molar-refractivity contribution in [3.05, 3.63) is 38.0 Å². The molecule has 0 N–H and O–H groups in total. The summed E-state index contributed by atoms with van der Waals surface area (Å²) in [6.07, 6.45) is 10.3. The number of hydrogen-bond donors (Lipinski definition) is 0. The highest BCUT2D eigenvalue weighted by Gasteiger charge is 1.85. The van der Waals surface area contributed by atoms with Gasteiger partial charge in [0.05, 0.1) is 19.8 Å². The van der Waals surface area contributed by atoms with E-state index < -0.39 is 0 Å². The summed E-state index contributed by atoms with van der Waals surface area (Å²) in [5, 5.41) is 0. The normalized spacial score (nSPS) is 9.00. The fraction of sp³-hybridized carbons (Fsp3) is 0.600. The Morgan fingerprint density at radius 1 is 0.765 bits per heavy atom. The standard InChI is InChI=1S/C9H18O.C6H10O/c1-3-5-6-7-9-10-8-4-2;1-3-5-7-6-4-2/h4H,2-3,5-9H2,1H3;3-4H,1-2,5-6H2. The molecule has 0 bridgehead atoms. The summed E-state index contributed by atoms with van der Waals surface area (Å²) < 4.78 is 10.1. The third-order valence-electron chi connectivity index (χ3n) is 1.85. The predicted octanol–water partition coefficient (Wildman–Crippen LogP) is 4.14. The van der Waals surface area contributed by atoms with Gasteiger partial charge in [0.15, 0.2) is 0 Å². The highest BCUT2D eigenvalue weighted by molar-refractivity contribution is 4.68. The van der Waals surface area contributed by atoms with E-state index in [1.807, 2.05) is 0 Å². The minimum Gasteiger partial charge on any atom is -0.377 e. The minimum atomic E-state index is 0.617. The Morgan fingerprint density at radius 2 is 1.29 bits per heavy atom. The van der Waals surface area contributed by atoms with Crippen molar-refractivity contribution < 1.29 is 9.47 Å². The largest absolute Gasteiger partial charge is 0.377 e. The maximum Gasteiger partial charge on any atom is 0.0649 e. The monoisotopic (exact) mass is 240 g/mol. The van der Waals surface area contributed by atoms with Crippen molar-refractivity contribution in [3.63, 3.8) is 0 Å². The van der Waals surface area contributed by atoms with E-state index in [9.17, 15) is 0 Å². The zero-order chi connectivity index (χ0) is 13.2. The second-order valence-electron chi connectivity index (χ2n) is 3.54. The van der Waals surface area contributed by atoms with Gasteiger partial charge in [-0.25, -0.2) is 0 Å². The van der Waals surface area contributed by atoms with E-state index in [0.29, 0.717) is 19.8 Å². The smallest absolute Gasteiger partial charge is 0.0649 e. The number of rotatable bonds is 11. The van der Waals surface area contributed by atoms with Crippen LogP contribution in [0.3, 0.4) is 0 Å².